The summed E-state index contributed by atoms with van der Waals surface area (Å²) in [6.45, 7) is 3.58. The zero-order valence-electron chi connectivity index (χ0n) is 11.9. The van der Waals surface area contributed by atoms with Crippen LogP contribution in [0.2, 0.25) is 0 Å². The maximum Gasteiger partial charge on any atom is 0.237 e. The molecule has 0 spiro atoms. The second kappa shape index (κ2) is 5.94. The molecule has 1 saturated heterocycles. The summed E-state index contributed by atoms with van der Waals surface area (Å²) in [6.07, 6.45) is 2.85. The molecular formula is C16H22N2O2. The van der Waals surface area contributed by atoms with E-state index in [-0.39, 0.29) is 24.1 Å². The molecule has 0 bridgehead atoms. The van der Waals surface area contributed by atoms with Gasteiger partial charge in [-0.1, -0.05) is 24.3 Å². The molecule has 0 saturated carbocycles. The highest BCUT2D eigenvalue weighted by atomic mass is 16.5. The van der Waals surface area contributed by atoms with Gasteiger partial charge in [0.1, 0.15) is 0 Å². The summed E-state index contributed by atoms with van der Waals surface area (Å²) in [6, 6.07) is 8.47. The summed E-state index contributed by atoms with van der Waals surface area (Å²) in [5.41, 5.74) is 2.59. The molecule has 1 amide bonds. The molecule has 2 N–H and O–H groups in total. The van der Waals surface area contributed by atoms with E-state index in [0.717, 1.165) is 32.4 Å². The Morgan fingerprint density at radius 2 is 2.15 bits per heavy atom. The van der Waals surface area contributed by atoms with Gasteiger partial charge >= 0.3 is 0 Å². The molecule has 0 aliphatic carbocycles. The Kier molecular flexibility index (Phi) is 4.03. The van der Waals surface area contributed by atoms with Crippen LogP contribution in [-0.2, 0) is 22.5 Å². The average Bonchev–Trinajstić information content (AvgIpc) is 2.47. The molecule has 1 aromatic carbocycles. The third-order valence-corrected chi connectivity index (χ3v) is 4.23. The number of benzene rings is 1. The molecule has 4 nitrogen and oxygen atoms in total. The molecule has 2 unspecified atom stereocenters. The van der Waals surface area contributed by atoms with Gasteiger partial charge in [0.15, 0.2) is 0 Å². The first kappa shape index (κ1) is 13.6. The largest absolute Gasteiger partial charge is 0.378 e. The van der Waals surface area contributed by atoms with Crippen molar-refractivity contribution in [3.05, 3.63) is 35.4 Å². The lowest BCUT2D eigenvalue weighted by atomic mass is 9.95. The number of rotatable bonds is 2. The predicted molar refractivity (Wildman–Crippen MR) is 77.4 cm³/mol. The van der Waals surface area contributed by atoms with Crippen LogP contribution in [0.4, 0.5) is 0 Å². The number of amides is 1. The van der Waals surface area contributed by atoms with Crippen LogP contribution < -0.4 is 10.6 Å². The monoisotopic (exact) mass is 274 g/mol. The first-order valence-corrected chi connectivity index (χ1v) is 7.44. The van der Waals surface area contributed by atoms with Crippen LogP contribution in [-0.4, -0.2) is 30.7 Å². The van der Waals surface area contributed by atoms with Crippen molar-refractivity contribution in [1.29, 1.82) is 0 Å². The number of carbonyl (C=O) groups is 1. The minimum atomic E-state index is -0.108. The van der Waals surface area contributed by atoms with Gasteiger partial charge in [-0.2, -0.15) is 0 Å². The van der Waals surface area contributed by atoms with E-state index in [2.05, 4.69) is 29.7 Å². The van der Waals surface area contributed by atoms with Crippen molar-refractivity contribution in [3.8, 4) is 0 Å². The summed E-state index contributed by atoms with van der Waals surface area (Å²) < 4.78 is 5.51. The molecule has 1 fully saturated rings. The van der Waals surface area contributed by atoms with E-state index in [1.54, 1.807) is 0 Å². The zero-order chi connectivity index (χ0) is 13.9. The molecule has 0 aromatic heterocycles. The molecule has 2 aliphatic rings. The Bertz CT molecular complexity index is 489. The number of hydrogen-bond donors (Lipinski definition) is 2. The summed E-state index contributed by atoms with van der Waals surface area (Å²) in [7, 11) is 0. The predicted octanol–water partition coefficient (Wildman–Crippen LogP) is 1.38. The molecule has 3 atom stereocenters. The van der Waals surface area contributed by atoms with Gasteiger partial charge in [0.05, 0.1) is 12.1 Å². The molecule has 2 heterocycles. The van der Waals surface area contributed by atoms with E-state index < -0.39 is 0 Å². The van der Waals surface area contributed by atoms with E-state index >= 15 is 0 Å². The van der Waals surface area contributed by atoms with Crippen LogP contribution in [0.5, 0.6) is 0 Å². The lowest BCUT2D eigenvalue weighted by Crippen LogP contribution is -2.52. The van der Waals surface area contributed by atoms with E-state index in [9.17, 15) is 4.79 Å². The Morgan fingerprint density at radius 3 is 2.95 bits per heavy atom. The minimum absolute atomic E-state index is 0.108. The summed E-state index contributed by atoms with van der Waals surface area (Å²) in [5.74, 6) is 0.124. The molecule has 108 valence electrons. The van der Waals surface area contributed by atoms with Crippen LogP contribution in [0.3, 0.4) is 0 Å². The highest BCUT2D eigenvalue weighted by molar-refractivity contribution is 5.82. The van der Waals surface area contributed by atoms with Gasteiger partial charge < -0.3 is 15.4 Å². The lowest BCUT2D eigenvalue weighted by Gasteiger charge is -2.31. The van der Waals surface area contributed by atoms with Crippen molar-refractivity contribution in [1.82, 2.24) is 10.6 Å². The third kappa shape index (κ3) is 3.02. The number of fused-ring (bicyclic) bond motifs is 1. The van der Waals surface area contributed by atoms with Gasteiger partial charge in [-0.3, -0.25) is 4.79 Å². The number of nitrogens with one attached hydrogen (secondary N) is 2. The first-order valence-electron chi connectivity index (χ1n) is 7.44. The second-order valence-corrected chi connectivity index (χ2v) is 5.82. The maximum absolute atomic E-state index is 12.4. The normalized spacial score (nSPS) is 29.6. The zero-order valence-corrected chi connectivity index (χ0v) is 11.9. The highest BCUT2D eigenvalue weighted by Gasteiger charge is 2.27. The Morgan fingerprint density at radius 1 is 1.35 bits per heavy atom. The van der Waals surface area contributed by atoms with Crippen LogP contribution >= 0.6 is 0 Å². The maximum atomic E-state index is 12.4. The summed E-state index contributed by atoms with van der Waals surface area (Å²) >= 11 is 0. The molecule has 20 heavy (non-hydrogen) atoms. The van der Waals surface area contributed by atoms with Crippen LogP contribution in [0.1, 0.15) is 30.9 Å². The van der Waals surface area contributed by atoms with Crippen molar-refractivity contribution < 1.29 is 9.53 Å². The van der Waals surface area contributed by atoms with Gasteiger partial charge in [-0.15, -0.1) is 0 Å². The Labute approximate surface area is 119 Å². The van der Waals surface area contributed by atoms with Crippen LogP contribution in [0, 0.1) is 0 Å². The summed E-state index contributed by atoms with van der Waals surface area (Å²) in [4.78, 5) is 12.4. The fourth-order valence-corrected chi connectivity index (χ4v) is 3.07. The fourth-order valence-electron chi connectivity index (χ4n) is 3.07. The van der Waals surface area contributed by atoms with E-state index in [0.29, 0.717) is 0 Å². The smallest absolute Gasteiger partial charge is 0.237 e. The standard InChI is InChI=1S/C16H22N2O2/c1-11-8-14(6-7-20-11)18-16(19)15-9-12-4-2-3-5-13(12)10-17-15/h2-5,11,14-15,17H,6-10H2,1H3,(H,18,19)/t11?,14?,15-/m0/s1. The summed E-state index contributed by atoms with van der Waals surface area (Å²) in [5, 5.41) is 6.50. The number of carbonyl (C=O) groups excluding carboxylic acids is 1. The first-order chi connectivity index (χ1) is 9.72. The minimum Gasteiger partial charge on any atom is -0.378 e. The van der Waals surface area contributed by atoms with Gasteiger partial charge in [-0.25, -0.2) is 0 Å². The topological polar surface area (TPSA) is 50.4 Å². The SMILES string of the molecule is CC1CC(NC(=O)[C@@H]2Cc3ccccc3CN2)CCO1. The average molecular weight is 274 g/mol. The van der Waals surface area contributed by atoms with Gasteiger partial charge in [0.25, 0.3) is 0 Å². The van der Waals surface area contributed by atoms with E-state index in [1.165, 1.54) is 11.1 Å². The van der Waals surface area contributed by atoms with Crippen LogP contribution in [0.15, 0.2) is 24.3 Å². The second-order valence-electron chi connectivity index (χ2n) is 5.82. The van der Waals surface area contributed by atoms with Gasteiger partial charge in [-0.05, 0) is 37.3 Å². The molecule has 1 aromatic rings. The molecule has 4 heteroatoms. The fraction of sp³-hybridized carbons (Fsp3) is 0.562. The highest BCUT2D eigenvalue weighted by Crippen LogP contribution is 2.17. The molecular weight excluding hydrogens is 252 g/mol. The van der Waals surface area contributed by atoms with Crippen molar-refractivity contribution in [3.63, 3.8) is 0 Å². The van der Waals surface area contributed by atoms with Crippen molar-refractivity contribution in [2.75, 3.05) is 6.61 Å². The molecule has 0 radical (unpaired) electrons. The molecule has 3 rings (SSSR count). The third-order valence-electron chi connectivity index (χ3n) is 4.23. The lowest BCUT2D eigenvalue weighted by molar-refractivity contribution is -0.125. The van der Waals surface area contributed by atoms with Gasteiger partial charge in [0, 0.05) is 19.2 Å². The van der Waals surface area contributed by atoms with Gasteiger partial charge in [0.2, 0.25) is 5.91 Å². The number of hydrogen-bond acceptors (Lipinski definition) is 3. The Hall–Kier alpha value is -1.39. The number of ether oxygens (including phenoxy) is 1. The van der Waals surface area contributed by atoms with Crippen molar-refractivity contribution >= 4 is 5.91 Å². The van der Waals surface area contributed by atoms with E-state index in [1.807, 2.05) is 12.1 Å². The van der Waals surface area contributed by atoms with Crippen molar-refractivity contribution in [2.45, 2.75) is 50.9 Å². The molecule has 2 aliphatic heterocycles. The van der Waals surface area contributed by atoms with Crippen molar-refractivity contribution in [2.24, 2.45) is 0 Å². The quantitative estimate of drug-likeness (QED) is 0.857. The van der Waals surface area contributed by atoms with Crippen LogP contribution in [0.25, 0.3) is 0 Å². The van der Waals surface area contributed by atoms with E-state index in [4.69, 9.17) is 4.74 Å². The Balaban J connectivity index is 1.59.